The second-order valence-corrected chi connectivity index (χ2v) is 2.35. The number of nitrogens with zero attached hydrogens (tertiary/aromatic N) is 4. The van der Waals surface area contributed by atoms with Crippen LogP contribution < -0.4 is 5.73 Å². The summed E-state index contributed by atoms with van der Waals surface area (Å²) in [6.07, 6.45) is 2.77. The van der Waals surface area contributed by atoms with Crippen LogP contribution in [0.15, 0.2) is 12.7 Å². The third-order valence-corrected chi connectivity index (χ3v) is 1.57. The lowest BCUT2D eigenvalue weighted by Crippen LogP contribution is -1.92. The topological polar surface area (TPSA) is 69.6 Å². The molecule has 0 atom stereocenters. The SMILES string of the molecule is Cl.Cl.Nc1ncnc2c1ncn2Cl. The average Bonchev–Trinajstić information content (AvgIpc) is 2.35. The van der Waals surface area contributed by atoms with Gasteiger partial charge in [-0.25, -0.2) is 19.0 Å². The predicted molar refractivity (Wildman–Crippen MR) is 55.5 cm³/mol. The molecule has 0 saturated carbocycles. The number of hydrogen-bond acceptors (Lipinski definition) is 4. The van der Waals surface area contributed by atoms with Gasteiger partial charge in [0.1, 0.15) is 12.7 Å². The molecule has 0 aliphatic carbocycles. The van der Waals surface area contributed by atoms with E-state index in [0.29, 0.717) is 17.0 Å². The highest BCUT2D eigenvalue weighted by molar-refractivity contribution is 6.18. The number of aromatic nitrogens is 4. The largest absolute Gasteiger partial charge is 0.382 e. The minimum atomic E-state index is 0. The quantitative estimate of drug-likeness (QED) is 0.755. The Hall–Kier alpha value is -0.780. The summed E-state index contributed by atoms with van der Waals surface area (Å²) in [5, 5.41) is 0. The molecule has 0 aromatic carbocycles. The molecular formula is C5H6Cl3N5. The molecule has 72 valence electrons. The van der Waals surface area contributed by atoms with Gasteiger partial charge in [0.15, 0.2) is 17.0 Å². The van der Waals surface area contributed by atoms with E-state index in [2.05, 4.69) is 15.0 Å². The molecule has 0 saturated heterocycles. The van der Waals surface area contributed by atoms with E-state index in [0.717, 1.165) is 0 Å². The van der Waals surface area contributed by atoms with Gasteiger partial charge in [-0.2, -0.15) is 0 Å². The molecule has 2 aromatic heterocycles. The number of imidazole rings is 1. The average molecular weight is 242 g/mol. The second kappa shape index (κ2) is 4.45. The van der Waals surface area contributed by atoms with Gasteiger partial charge < -0.3 is 5.73 Å². The fraction of sp³-hybridized carbons (Fsp3) is 0. The van der Waals surface area contributed by atoms with Gasteiger partial charge in [-0.3, -0.25) is 0 Å². The van der Waals surface area contributed by atoms with Crippen molar-refractivity contribution in [2.24, 2.45) is 0 Å². The Morgan fingerprint density at radius 3 is 2.54 bits per heavy atom. The fourth-order valence-corrected chi connectivity index (χ4v) is 0.993. The van der Waals surface area contributed by atoms with E-state index in [1.54, 1.807) is 0 Å². The molecule has 0 unspecified atom stereocenters. The summed E-state index contributed by atoms with van der Waals surface area (Å²) in [5.41, 5.74) is 6.54. The highest BCUT2D eigenvalue weighted by Crippen LogP contribution is 2.14. The Labute approximate surface area is 91.3 Å². The zero-order chi connectivity index (χ0) is 7.84. The van der Waals surface area contributed by atoms with E-state index in [1.807, 2.05) is 0 Å². The van der Waals surface area contributed by atoms with Crippen molar-refractivity contribution in [1.82, 2.24) is 19.0 Å². The molecule has 0 aliphatic rings. The lowest BCUT2D eigenvalue weighted by atomic mass is 10.5. The van der Waals surface area contributed by atoms with Gasteiger partial charge in [0, 0.05) is 11.8 Å². The van der Waals surface area contributed by atoms with Crippen LogP contribution in [-0.2, 0) is 0 Å². The van der Waals surface area contributed by atoms with Crippen LogP contribution in [0.2, 0.25) is 0 Å². The number of hydrogen-bond donors (Lipinski definition) is 1. The van der Waals surface area contributed by atoms with E-state index < -0.39 is 0 Å². The molecule has 2 aromatic rings. The van der Waals surface area contributed by atoms with Crippen LogP contribution in [0.4, 0.5) is 5.82 Å². The van der Waals surface area contributed by atoms with Crippen molar-refractivity contribution in [3.63, 3.8) is 0 Å². The van der Waals surface area contributed by atoms with Crippen molar-refractivity contribution in [3.05, 3.63) is 12.7 Å². The van der Waals surface area contributed by atoms with Crippen LogP contribution in [0.3, 0.4) is 0 Å². The van der Waals surface area contributed by atoms with Crippen LogP contribution in [-0.4, -0.2) is 19.0 Å². The summed E-state index contributed by atoms with van der Waals surface area (Å²) >= 11 is 5.65. The summed E-state index contributed by atoms with van der Waals surface area (Å²) in [6, 6.07) is 0. The van der Waals surface area contributed by atoms with Crippen molar-refractivity contribution < 1.29 is 0 Å². The Morgan fingerprint density at radius 2 is 1.92 bits per heavy atom. The van der Waals surface area contributed by atoms with Crippen LogP contribution in [0.5, 0.6) is 0 Å². The molecule has 0 aliphatic heterocycles. The van der Waals surface area contributed by atoms with E-state index in [1.165, 1.54) is 16.7 Å². The summed E-state index contributed by atoms with van der Waals surface area (Å²) < 4.78 is 1.27. The number of nitrogens with two attached hydrogens (primary N) is 1. The zero-order valence-electron chi connectivity index (χ0n) is 6.22. The van der Waals surface area contributed by atoms with E-state index >= 15 is 0 Å². The number of anilines is 1. The maximum absolute atomic E-state index is 5.65. The van der Waals surface area contributed by atoms with E-state index in [-0.39, 0.29) is 24.8 Å². The van der Waals surface area contributed by atoms with Gasteiger partial charge in [0.2, 0.25) is 0 Å². The minimum Gasteiger partial charge on any atom is -0.382 e. The molecule has 2 N–H and O–H groups in total. The Balaban J connectivity index is 0.000000720. The Bertz CT molecular complexity index is 400. The molecule has 0 bridgehead atoms. The van der Waals surface area contributed by atoms with Crippen LogP contribution >= 0.6 is 36.6 Å². The number of nitrogen functional groups attached to an aromatic ring is 1. The molecule has 0 amide bonds. The Morgan fingerprint density at radius 1 is 1.23 bits per heavy atom. The Kier molecular flexibility index (Phi) is 4.19. The first kappa shape index (κ1) is 12.2. The monoisotopic (exact) mass is 241 g/mol. The van der Waals surface area contributed by atoms with Gasteiger partial charge in [-0.1, -0.05) is 0 Å². The maximum Gasteiger partial charge on any atom is 0.180 e. The fourth-order valence-electron chi connectivity index (χ4n) is 0.826. The van der Waals surface area contributed by atoms with Crippen LogP contribution in [0.25, 0.3) is 11.2 Å². The summed E-state index contributed by atoms with van der Waals surface area (Å²) in [7, 11) is 0. The minimum absolute atomic E-state index is 0. The summed E-state index contributed by atoms with van der Waals surface area (Å²) in [6.45, 7) is 0. The highest BCUT2D eigenvalue weighted by Gasteiger charge is 2.04. The van der Waals surface area contributed by atoms with Crippen molar-refractivity contribution in [2.75, 3.05) is 5.73 Å². The highest BCUT2D eigenvalue weighted by atomic mass is 35.5. The van der Waals surface area contributed by atoms with Crippen molar-refractivity contribution in [3.8, 4) is 0 Å². The first-order valence-electron chi connectivity index (χ1n) is 2.88. The van der Waals surface area contributed by atoms with Crippen molar-refractivity contribution in [1.29, 1.82) is 0 Å². The van der Waals surface area contributed by atoms with Crippen molar-refractivity contribution >= 4 is 53.6 Å². The van der Waals surface area contributed by atoms with Gasteiger partial charge >= 0.3 is 0 Å². The molecule has 8 heteroatoms. The smallest absolute Gasteiger partial charge is 0.180 e. The van der Waals surface area contributed by atoms with E-state index in [9.17, 15) is 0 Å². The van der Waals surface area contributed by atoms with Crippen LogP contribution in [0, 0.1) is 0 Å². The lowest BCUT2D eigenvalue weighted by molar-refractivity contribution is 1.17. The van der Waals surface area contributed by atoms with Gasteiger partial charge in [-0.05, 0) is 0 Å². The third kappa shape index (κ3) is 1.93. The third-order valence-electron chi connectivity index (χ3n) is 1.32. The van der Waals surface area contributed by atoms with Crippen LogP contribution in [0.1, 0.15) is 0 Å². The lowest BCUT2D eigenvalue weighted by Gasteiger charge is -1.91. The second-order valence-electron chi connectivity index (χ2n) is 1.99. The van der Waals surface area contributed by atoms with Gasteiger partial charge in [0.05, 0.1) is 0 Å². The van der Waals surface area contributed by atoms with E-state index in [4.69, 9.17) is 17.5 Å². The molecule has 0 fully saturated rings. The number of rotatable bonds is 0. The first-order chi connectivity index (χ1) is 5.29. The van der Waals surface area contributed by atoms with Crippen molar-refractivity contribution in [2.45, 2.75) is 0 Å². The maximum atomic E-state index is 5.65. The number of fused-ring (bicyclic) bond motifs is 1. The van der Waals surface area contributed by atoms with Gasteiger partial charge in [-0.15, -0.1) is 24.8 Å². The summed E-state index contributed by atoms with van der Waals surface area (Å²) in [4.78, 5) is 11.5. The molecule has 5 nitrogen and oxygen atoms in total. The molecule has 0 radical (unpaired) electrons. The predicted octanol–water partition coefficient (Wildman–Crippen LogP) is 1.25. The first-order valence-corrected chi connectivity index (χ1v) is 3.22. The normalized spacial score (nSPS) is 9.00. The molecule has 2 heterocycles. The zero-order valence-corrected chi connectivity index (χ0v) is 8.60. The number of halogens is 3. The molecule has 2 rings (SSSR count). The molecular weight excluding hydrogens is 236 g/mol. The van der Waals surface area contributed by atoms with Gasteiger partial charge in [0.25, 0.3) is 0 Å². The summed E-state index contributed by atoms with van der Waals surface area (Å²) in [5.74, 6) is 0.342. The molecule has 13 heavy (non-hydrogen) atoms. The molecule has 0 spiro atoms. The standard InChI is InChI=1S/C5H4ClN5.2ClH/c6-11-2-10-3-4(7)8-1-9-5(3)11;;/h1-2H,(H2,7,8,9);2*1H.